The fourth-order valence-electron chi connectivity index (χ4n) is 3.31. The minimum atomic E-state index is -0.169. The zero-order chi connectivity index (χ0) is 19.3. The molecule has 0 radical (unpaired) electrons. The summed E-state index contributed by atoms with van der Waals surface area (Å²) in [6, 6.07) is 3.69. The molecule has 0 saturated heterocycles. The van der Waals surface area contributed by atoms with Gasteiger partial charge in [0.15, 0.2) is 0 Å². The molecule has 1 aliphatic heterocycles. The van der Waals surface area contributed by atoms with E-state index in [1.54, 1.807) is 35.8 Å². The van der Waals surface area contributed by atoms with Crippen LogP contribution in [0.15, 0.2) is 49.4 Å². The second-order valence-corrected chi connectivity index (χ2v) is 6.75. The summed E-state index contributed by atoms with van der Waals surface area (Å²) in [7, 11) is 0. The molecule has 3 aromatic rings. The number of rotatable bonds is 7. The van der Waals surface area contributed by atoms with E-state index < -0.39 is 0 Å². The summed E-state index contributed by atoms with van der Waals surface area (Å²) in [6.07, 6.45) is 11.2. The van der Waals surface area contributed by atoms with Gasteiger partial charge in [-0.1, -0.05) is 6.07 Å². The topological polar surface area (TPSA) is 107 Å². The summed E-state index contributed by atoms with van der Waals surface area (Å²) in [5.41, 5.74) is 2.34. The van der Waals surface area contributed by atoms with E-state index in [4.69, 9.17) is 0 Å². The first-order valence-electron chi connectivity index (χ1n) is 9.16. The Morgan fingerprint density at radius 3 is 2.93 bits per heavy atom. The number of carbonyl (C=O) groups excluding carboxylic acids is 2. The van der Waals surface area contributed by atoms with Crippen LogP contribution in [0.2, 0.25) is 0 Å². The van der Waals surface area contributed by atoms with Crippen LogP contribution in [0.25, 0.3) is 0 Å². The summed E-state index contributed by atoms with van der Waals surface area (Å²) >= 11 is 0. The van der Waals surface area contributed by atoms with Crippen LogP contribution in [0.4, 0.5) is 0 Å². The van der Waals surface area contributed by atoms with E-state index in [0.29, 0.717) is 38.0 Å². The minimum Gasteiger partial charge on any atom is -0.351 e. The number of aryl methyl sites for hydroxylation is 1. The molecule has 0 spiro atoms. The van der Waals surface area contributed by atoms with Crippen LogP contribution in [0.1, 0.15) is 28.0 Å². The van der Waals surface area contributed by atoms with Crippen molar-refractivity contribution < 1.29 is 9.59 Å². The molecular formula is C19H21N7O2. The van der Waals surface area contributed by atoms with Crippen LogP contribution in [0, 0.1) is 0 Å². The third-order valence-corrected chi connectivity index (χ3v) is 4.72. The van der Waals surface area contributed by atoms with Gasteiger partial charge in [0.25, 0.3) is 5.91 Å². The lowest BCUT2D eigenvalue weighted by Crippen LogP contribution is -2.36. The van der Waals surface area contributed by atoms with Crippen molar-refractivity contribution in [2.75, 3.05) is 0 Å². The smallest absolute Gasteiger partial charge is 0.255 e. The van der Waals surface area contributed by atoms with Crippen molar-refractivity contribution in [3.63, 3.8) is 0 Å². The first-order chi connectivity index (χ1) is 13.7. The van der Waals surface area contributed by atoms with Gasteiger partial charge in [-0.3, -0.25) is 19.3 Å². The van der Waals surface area contributed by atoms with Crippen LogP contribution in [0.3, 0.4) is 0 Å². The number of nitrogens with zero attached hydrogens (tertiary/aromatic N) is 5. The number of fused-ring (bicyclic) bond motifs is 1. The highest BCUT2D eigenvalue weighted by molar-refractivity contribution is 5.95. The first-order valence-corrected chi connectivity index (χ1v) is 9.16. The monoisotopic (exact) mass is 379 g/mol. The molecule has 9 nitrogen and oxygen atoms in total. The highest BCUT2D eigenvalue weighted by Crippen LogP contribution is 2.19. The SMILES string of the molecule is O=C(CCn1ccnc1)N[C@H]1Cc2c(C(=O)NCc3cccnc3)cnn2C1. The van der Waals surface area contributed by atoms with Crippen molar-refractivity contribution in [3.8, 4) is 0 Å². The molecule has 0 saturated carbocycles. The van der Waals surface area contributed by atoms with Crippen molar-refractivity contribution >= 4 is 11.8 Å². The van der Waals surface area contributed by atoms with E-state index in [1.165, 1.54) is 0 Å². The van der Waals surface area contributed by atoms with Crippen LogP contribution in [0.5, 0.6) is 0 Å². The van der Waals surface area contributed by atoms with Gasteiger partial charge < -0.3 is 15.2 Å². The molecule has 0 unspecified atom stereocenters. The standard InChI is InChI=1S/C19H21N7O2/c27-18(3-6-25-7-5-21-13-25)24-15-8-17-16(11-23-26(17)12-15)19(28)22-10-14-2-1-4-20-9-14/h1-2,4-5,7,9,11,13,15H,3,6,8,10,12H2,(H,22,28)(H,24,27)/t15-/m0/s1. The Balaban J connectivity index is 1.30. The van der Waals surface area contributed by atoms with Crippen LogP contribution < -0.4 is 10.6 Å². The van der Waals surface area contributed by atoms with Crippen LogP contribution in [-0.4, -0.2) is 42.2 Å². The van der Waals surface area contributed by atoms with Crippen molar-refractivity contribution in [1.29, 1.82) is 0 Å². The summed E-state index contributed by atoms with van der Waals surface area (Å²) in [6.45, 7) is 1.57. The maximum atomic E-state index is 12.5. The number of aromatic nitrogens is 5. The zero-order valence-electron chi connectivity index (χ0n) is 15.3. The fraction of sp³-hybridized carbons (Fsp3) is 0.316. The van der Waals surface area contributed by atoms with Crippen LogP contribution in [-0.2, 0) is 30.8 Å². The molecule has 3 aromatic heterocycles. The lowest BCUT2D eigenvalue weighted by atomic mass is 10.1. The fourth-order valence-corrected chi connectivity index (χ4v) is 3.31. The number of hydrogen-bond donors (Lipinski definition) is 2. The summed E-state index contributed by atoms with van der Waals surface area (Å²) in [5.74, 6) is -0.191. The molecular weight excluding hydrogens is 358 g/mol. The van der Waals surface area contributed by atoms with Gasteiger partial charge in [0, 0.05) is 50.7 Å². The molecule has 0 bridgehead atoms. The van der Waals surface area contributed by atoms with Gasteiger partial charge in [-0.15, -0.1) is 0 Å². The van der Waals surface area contributed by atoms with E-state index in [-0.39, 0.29) is 17.9 Å². The largest absolute Gasteiger partial charge is 0.351 e. The lowest BCUT2D eigenvalue weighted by Gasteiger charge is -2.12. The van der Waals surface area contributed by atoms with E-state index >= 15 is 0 Å². The molecule has 144 valence electrons. The Morgan fingerprint density at radius 2 is 2.14 bits per heavy atom. The number of pyridine rings is 1. The normalized spacial score (nSPS) is 15.2. The molecule has 0 aliphatic carbocycles. The van der Waals surface area contributed by atoms with Gasteiger partial charge in [0.1, 0.15) is 0 Å². The second kappa shape index (κ2) is 8.03. The lowest BCUT2D eigenvalue weighted by molar-refractivity contribution is -0.122. The number of amides is 2. The second-order valence-electron chi connectivity index (χ2n) is 6.75. The molecule has 2 N–H and O–H groups in total. The Hall–Kier alpha value is -3.49. The number of imidazole rings is 1. The molecule has 2 amide bonds. The molecule has 28 heavy (non-hydrogen) atoms. The Kier molecular flexibility index (Phi) is 5.14. The van der Waals surface area contributed by atoms with E-state index in [2.05, 4.69) is 25.7 Å². The van der Waals surface area contributed by atoms with Crippen molar-refractivity contribution in [1.82, 2.24) is 34.9 Å². The Labute approximate surface area is 161 Å². The van der Waals surface area contributed by atoms with Gasteiger partial charge in [0.2, 0.25) is 5.91 Å². The minimum absolute atomic E-state index is 0.0213. The number of carbonyl (C=O) groups is 2. The van der Waals surface area contributed by atoms with Crippen molar-refractivity contribution in [2.45, 2.75) is 38.5 Å². The van der Waals surface area contributed by atoms with E-state index in [9.17, 15) is 9.59 Å². The number of hydrogen-bond acceptors (Lipinski definition) is 5. The maximum absolute atomic E-state index is 12.5. The zero-order valence-corrected chi connectivity index (χ0v) is 15.3. The highest BCUT2D eigenvalue weighted by atomic mass is 16.2. The number of nitrogens with one attached hydrogen (secondary N) is 2. The van der Waals surface area contributed by atoms with E-state index in [1.807, 2.05) is 22.9 Å². The quantitative estimate of drug-likeness (QED) is 0.623. The van der Waals surface area contributed by atoms with E-state index in [0.717, 1.165) is 11.3 Å². The summed E-state index contributed by atoms with van der Waals surface area (Å²) in [5, 5.41) is 10.2. The molecule has 4 rings (SSSR count). The molecule has 4 heterocycles. The molecule has 0 fully saturated rings. The third-order valence-electron chi connectivity index (χ3n) is 4.72. The molecule has 1 atom stereocenters. The Morgan fingerprint density at radius 1 is 1.21 bits per heavy atom. The van der Waals surface area contributed by atoms with Gasteiger partial charge in [-0.2, -0.15) is 5.10 Å². The predicted molar refractivity (Wildman–Crippen MR) is 100 cm³/mol. The predicted octanol–water partition coefficient (Wildman–Crippen LogP) is 0.536. The maximum Gasteiger partial charge on any atom is 0.255 e. The van der Waals surface area contributed by atoms with Crippen LogP contribution >= 0.6 is 0 Å². The molecule has 0 aromatic carbocycles. The van der Waals surface area contributed by atoms with Gasteiger partial charge >= 0.3 is 0 Å². The first kappa shape index (κ1) is 17.9. The van der Waals surface area contributed by atoms with Gasteiger partial charge in [0.05, 0.1) is 36.4 Å². The van der Waals surface area contributed by atoms with Gasteiger partial charge in [-0.05, 0) is 11.6 Å². The van der Waals surface area contributed by atoms with Crippen molar-refractivity contribution in [3.05, 3.63) is 66.3 Å². The van der Waals surface area contributed by atoms with Crippen molar-refractivity contribution in [2.24, 2.45) is 0 Å². The average Bonchev–Trinajstić information content (AvgIpc) is 3.42. The van der Waals surface area contributed by atoms with Gasteiger partial charge in [-0.25, -0.2) is 4.98 Å². The average molecular weight is 379 g/mol. The molecule has 1 aliphatic rings. The summed E-state index contributed by atoms with van der Waals surface area (Å²) < 4.78 is 3.66. The molecule has 9 heteroatoms. The Bertz CT molecular complexity index is 950. The summed E-state index contributed by atoms with van der Waals surface area (Å²) in [4.78, 5) is 32.7. The third kappa shape index (κ3) is 4.08. The highest BCUT2D eigenvalue weighted by Gasteiger charge is 2.28.